The zero-order chi connectivity index (χ0) is 21.6. The molecule has 0 aromatic heterocycles. The van der Waals surface area contributed by atoms with Crippen molar-refractivity contribution >= 4 is 16.0 Å². The highest BCUT2D eigenvalue weighted by atomic mass is 32.2. The van der Waals surface area contributed by atoms with Gasteiger partial charge in [0.2, 0.25) is 10.0 Å². The Bertz CT molecular complexity index is 933. The van der Waals surface area contributed by atoms with Crippen LogP contribution in [0.1, 0.15) is 30.1 Å². The third-order valence-electron chi connectivity index (χ3n) is 5.12. The van der Waals surface area contributed by atoms with Crippen molar-refractivity contribution < 1.29 is 27.4 Å². The average Bonchev–Trinajstić information content (AvgIpc) is 2.77. The van der Waals surface area contributed by atoms with Gasteiger partial charge in [-0.1, -0.05) is 6.92 Å². The lowest BCUT2D eigenvalue weighted by molar-refractivity contribution is 0.0450. The van der Waals surface area contributed by atoms with Crippen LogP contribution >= 0.6 is 0 Å². The van der Waals surface area contributed by atoms with E-state index in [1.807, 2.05) is 0 Å². The van der Waals surface area contributed by atoms with E-state index in [9.17, 15) is 13.2 Å². The number of nitrogens with zero attached hydrogens (tertiary/aromatic N) is 1. The molecule has 2 aromatic rings. The van der Waals surface area contributed by atoms with Crippen molar-refractivity contribution in [1.82, 2.24) is 4.31 Å². The summed E-state index contributed by atoms with van der Waals surface area (Å²) in [6.07, 6.45) is 1.73. The van der Waals surface area contributed by atoms with Crippen LogP contribution in [0, 0.1) is 5.92 Å². The second-order valence-electron chi connectivity index (χ2n) is 7.27. The maximum Gasteiger partial charge on any atom is 0.338 e. The number of carbonyl (C=O) groups excluding carboxylic acids is 1. The summed E-state index contributed by atoms with van der Waals surface area (Å²) < 4.78 is 42.8. The van der Waals surface area contributed by atoms with Crippen molar-refractivity contribution in [3.8, 4) is 11.5 Å². The average molecular weight is 434 g/mol. The number of hydrogen-bond donors (Lipinski definition) is 0. The van der Waals surface area contributed by atoms with Gasteiger partial charge in [-0.3, -0.25) is 0 Å². The molecule has 0 bridgehead atoms. The maximum atomic E-state index is 12.7. The van der Waals surface area contributed by atoms with Crippen LogP contribution in [0.25, 0.3) is 0 Å². The quantitative estimate of drug-likeness (QED) is 0.469. The summed E-state index contributed by atoms with van der Waals surface area (Å²) >= 11 is 0. The first kappa shape index (κ1) is 22.1. The molecule has 1 fully saturated rings. The van der Waals surface area contributed by atoms with Crippen LogP contribution in [0.15, 0.2) is 53.4 Å². The smallest absolute Gasteiger partial charge is 0.338 e. The van der Waals surface area contributed by atoms with E-state index < -0.39 is 16.0 Å². The van der Waals surface area contributed by atoms with E-state index in [2.05, 4.69) is 6.92 Å². The largest absolute Gasteiger partial charge is 0.497 e. The summed E-state index contributed by atoms with van der Waals surface area (Å²) in [7, 11) is -1.94. The van der Waals surface area contributed by atoms with Gasteiger partial charge in [0.05, 0.1) is 17.6 Å². The third kappa shape index (κ3) is 5.52. The van der Waals surface area contributed by atoms with Crippen molar-refractivity contribution in [2.75, 3.05) is 33.4 Å². The Morgan fingerprint density at radius 2 is 1.57 bits per heavy atom. The van der Waals surface area contributed by atoms with Crippen molar-refractivity contribution in [3.05, 3.63) is 54.1 Å². The Kier molecular flexibility index (Phi) is 7.33. The van der Waals surface area contributed by atoms with E-state index in [4.69, 9.17) is 14.2 Å². The second-order valence-corrected chi connectivity index (χ2v) is 9.21. The molecule has 7 nitrogen and oxygen atoms in total. The topological polar surface area (TPSA) is 82.1 Å². The SMILES string of the molecule is COc1ccc(OCCOC(=O)c2ccc(S(=O)(=O)N3CCC(C)CC3)cc2)cc1. The molecule has 0 saturated carbocycles. The lowest BCUT2D eigenvalue weighted by Crippen LogP contribution is -2.37. The van der Waals surface area contributed by atoms with Gasteiger partial charge in [0.25, 0.3) is 0 Å². The number of rotatable bonds is 8. The first-order chi connectivity index (χ1) is 14.4. The molecular weight excluding hydrogens is 406 g/mol. The fraction of sp³-hybridized carbons (Fsp3) is 0.409. The summed E-state index contributed by atoms with van der Waals surface area (Å²) in [6, 6.07) is 13.0. The van der Waals surface area contributed by atoms with Gasteiger partial charge in [-0.25, -0.2) is 13.2 Å². The molecule has 8 heteroatoms. The summed E-state index contributed by atoms with van der Waals surface area (Å²) in [4.78, 5) is 12.4. The van der Waals surface area contributed by atoms with Crippen molar-refractivity contribution in [1.29, 1.82) is 0 Å². The van der Waals surface area contributed by atoms with Crippen LogP contribution in [-0.4, -0.2) is 52.1 Å². The minimum absolute atomic E-state index is 0.0802. The zero-order valence-electron chi connectivity index (χ0n) is 17.2. The minimum atomic E-state index is -3.53. The van der Waals surface area contributed by atoms with Gasteiger partial charge in [0.15, 0.2) is 0 Å². The molecule has 1 saturated heterocycles. The summed E-state index contributed by atoms with van der Waals surface area (Å²) in [6.45, 7) is 3.48. The van der Waals surface area contributed by atoms with Gasteiger partial charge < -0.3 is 14.2 Å². The van der Waals surface area contributed by atoms with Crippen molar-refractivity contribution in [2.24, 2.45) is 5.92 Å². The van der Waals surface area contributed by atoms with E-state index >= 15 is 0 Å². The van der Waals surface area contributed by atoms with Gasteiger partial charge in [-0.2, -0.15) is 4.31 Å². The first-order valence-electron chi connectivity index (χ1n) is 9.94. The van der Waals surface area contributed by atoms with Gasteiger partial charge in [-0.05, 0) is 67.3 Å². The van der Waals surface area contributed by atoms with E-state index in [0.29, 0.717) is 30.3 Å². The number of piperidine rings is 1. The normalized spacial score (nSPS) is 15.5. The summed E-state index contributed by atoms with van der Waals surface area (Å²) in [5.74, 6) is 1.40. The molecule has 0 atom stereocenters. The number of benzene rings is 2. The van der Waals surface area contributed by atoms with E-state index in [-0.39, 0.29) is 18.1 Å². The third-order valence-corrected chi connectivity index (χ3v) is 7.03. The first-order valence-corrected chi connectivity index (χ1v) is 11.4. The number of esters is 1. The molecule has 0 amide bonds. The van der Waals surface area contributed by atoms with Crippen molar-refractivity contribution in [3.63, 3.8) is 0 Å². The van der Waals surface area contributed by atoms with Crippen molar-refractivity contribution in [2.45, 2.75) is 24.7 Å². The molecule has 2 aromatic carbocycles. The highest BCUT2D eigenvalue weighted by molar-refractivity contribution is 7.89. The minimum Gasteiger partial charge on any atom is -0.497 e. The van der Waals surface area contributed by atoms with Crippen LogP contribution in [-0.2, 0) is 14.8 Å². The molecule has 0 aliphatic carbocycles. The summed E-state index contributed by atoms with van der Waals surface area (Å²) in [5.41, 5.74) is 0.297. The molecule has 1 heterocycles. The lowest BCUT2D eigenvalue weighted by atomic mass is 10.0. The number of hydrogen-bond acceptors (Lipinski definition) is 6. The standard InChI is InChI=1S/C22H27NO6S/c1-17-11-13-23(14-12-17)30(25,26)21-9-3-18(4-10-21)22(24)29-16-15-28-20-7-5-19(27-2)6-8-20/h3-10,17H,11-16H2,1-2H3. The predicted molar refractivity (Wildman–Crippen MR) is 112 cm³/mol. The molecule has 0 N–H and O–H groups in total. The molecule has 0 unspecified atom stereocenters. The van der Waals surface area contributed by atoms with Gasteiger partial charge in [-0.15, -0.1) is 0 Å². The number of ether oxygens (including phenoxy) is 3. The summed E-state index contributed by atoms with van der Waals surface area (Å²) in [5, 5.41) is 0. The molecule has 1 aliphatic rings. The van der Waals surface area contributed by atoms with Crippen LogP contribution in [0.3, 0.4) is 0 Å². The molecule has 1 aliphatic heterocycles. The Labute approximate surface area is 177 Å². The Balaban J connectivity index is 1.49. The Morgan fingerprint density at radius 1 is 0.967 bits per heavy atom. The molecule has 0 radical (unpaired) electrons. The van der Waals surface area contributed by atoms with Crippen LogP contribution in [0.2, 0.25) is 0 Å². The number of sulfonamides is 1. The fourth-order valence-electron chi connectivity index (χ4n) is 3.19. The van der Waals surface area contributed by atoms with E-state index in [0.717, 1.165) is 18.6 Å². The Hall–Kier alpha value is -2.58. The van der Waals surface area contributed by atoms with E-state index in [1.165, 1.54) is 28.6 Å². The molecule has 3 rings (SSSR count). The molecular formula is C22H27NO6S. The van der Waals surface area contributed by atoms with Crippen LogP contribution in [0.5, 0.6) is 11.5 Å². The fourth-order valence-corrected chi connectivity index (χ4v) is 4.66. The molecule has 0 spiro atoms. The highest BCUT2D eigenvalue weighted by Gasteiger charge is 2.28. The van der Waals surface area contributed by atoms with Gasteiger partial charge in [0, 0.05) is 13.1 Å². The zero-order valence-corrected chi connectivity index (χ0v) is 18.1. The van der Waals surface area contributed by atoms with E-state index in [1.54, 1.807) is 31.4 Å². The lowest BCUT2D eigenvalue weighted by Gasteiger charge is -2.29. The predicted octanol–water partition coefficient (Wildman–Crippen LogP) is 3.35. The number of carbonyl (C=O) groups is 1. The highest BCUT2D eigenvalue weighted by Crippen LogP contribution is 2.23. The maximum absolute atomic E-state index is 12.7. The van der Waals surface area contributed by atoms with Gasteiger partial charge in [0.1, 0.15) is 24.7 Å². The van der Waals surface area contributed by atoms with Crippen LogP contribution in [0.4, 0.5) is 0 Å². The van der Waals surface area contributed by atoms with Crippen LogP contribution < -0.4 is 9.47 Å². The second kappa shape index (κ2) is 9.95. The number of methoxy groups -OCH3 is 1. The molecule has 30 heavy (non-hydrogen) atoms. The monoisotopic (exact) mass is 433 g/mol. The Morgan fingerprint density at radius 3 is 2.17 bits per heavy atom. The molecule has 162 valence electrons. The van der Waals surface area contributed by atoms with Gasteiger partial charge >= 0.3 is 5.97 Å².